The number of aromatic nitrogens is 2. The molecule has 24 heavy (non-hydrogen) atoms. The van der Waals surface area contributed by atoms with Crippen molar-refractivity contribution in [2.24, 2.45) is 0 Å². The van der Waals surface area contributed by atoms with E-state index < -0.39 is 0 Å². The highest BCUT2D eigenvalue weighted by atomic mass is 16.1. The van der Waals surface area contributed by atoms with Crippen LogP contribution in [0.2, 0.25) is 0 Å². The van der Waals surface area contributed by atoms with Gasteiger partial charge in [0.15, 0.2) is 0 Å². The SMILES string of the molecule is Cc1cc2c3c(cc(C)cc3c1)-c1nc3cc(C=O)ccc3nc1-2. The van der Waals surface area contributed by atoms with Crippen molar-refractivity contribution in [2.45, 2.75) is 13.8 Å². The van der Waals surface area contributed by atoms with Crippen molar-refractivity contribution < 1.29 is 4.79 Å². The van der Waals surface area contributed by atoms with Crippen LogP contribution in [0.4, 0.5) is 0 Å². The van der Waals surface area contributed by atoms with Gasteiger partial charge in [0, 0.05) is 22.1 Å². The van der Waals surface area contributed by atoms with Gasteiger partial charge in [0.25, 0.3) is 0 Å². The van der Waals surface area contributed by atoms with Gasteiger partial charge in [-0.15, -0.1) is 0 Å². The number of aryl methyl sites for hydroxylation is 2. The minimum atomic E-state index is 0.623. The molecule has 0 radical (unpaired) electrons. The molecule has 0 spiro atoms. The van der Waals surface area contributed by atoms with Crippen LogP contribution in [0.15, 0.2) is 42.5 Å². The monoisotopic (exact) mass is 310 g/mol. The first-order chi connectivity index (χ1) is 11.6. The average molecular weight is 310 g/mol. The summed E-state index contributed by atoms with van der Waals surface area (Å²) in [6, 6.07) is 14.3. The molecular formula is C21H14N2O. The number of rotatable bonds is 1. The van der Waals surface area contributed by atoms with Crippen molar-refractivity contribution in [3.8, 4) is 22.5 Å². The summed E-state index contributed by atoms with van der Waals surface area (Å²) in [7, 11) is 0. The molecule has 0 saturated heterocycles. The summed E-state index contributed by atoms with van der Waals surface area (Å²) in [4.78, 5) is 20.8. The molecule has 0 amide bonds. The molecule has 0 bridgehead atoms. The van der Waals surface area contributed by atoms with Crippen molar-refractivity contribution in [3.63, 3.8) is 0 Å². The minimum absolute atomic E-state index is 0.623. The fraction of sp³-hybridized carbons (Fsp3) is 0.0952. The molecule has 0 aliphatic heterocycles. The van der Waals surface area contributed by atoms with E-state index in [9.17, 15) is 4.79 Å². The Labute approximate surface area is 139 Å². The van der Waals surface area contributed by atoms with Gasteiger partial charge in [0.1, 0.15) is 6.29 Å². The lowest BCUT2D eigenvalue weighted by molar-refractivity contribution is 0.112. The number of aldehydes is 1. The predicted molar refractivity (Wildman–Crippen MR) is 96.3 cm³/mol. The number of benzene rings is 3. The van der Waals surface area contributed by atoms with Gasteiger partial charge in [-0.2, -0.15) is 0 Å². The second-order valence-corrected chi connectivity index (χ2v) is 6.51. The second kappa shape index (κ2) is 4.48. The van der Waals surface area contributed by atoms with E-state index in [4.69, 9.17) is 9.97 Å². The molecule has 1 aromatic heterocycles. The number of carbonyl (C=O) groups is 1. The van der Waals surface area contributed by atoms with Crippen LogP contribution in [-0.4, -0.2) is 16.3 Å². The van der Waals surface area contributed by atoms with Crippen molar-refractivity contribution >= 4 is 28.1 Å². The average Bonchev–Trinajstić information content (AvgIpc) is 2.86. The molecular weight excluding hydrogens is 296 g/mol. The van der Waals surface area contributed by atoms with Crippen LogP contribution in [-0.2, 0) is 0 Å². The van der Waals surface area contributed by atoms with Crippen LogP contribution in [0, 0.1) is 13.8 Å². The molecule has 0 saturated carbocycles. The summed E-state index contributed by atoms with van der Waals surface area (Å²) in [5.74, 6) is 0. The smallest absolute Gasteiger partial charge is 0.150 e. The summed E-state index contributed by atoms with van der Waals surface area (Å²) in [5.41, 5.74) is 8.79. The van der Waals surface area contributed by atoms with Gasteiger partial charge in [-0.25, -0.2) is 9.97 Å². The van der Waals surface area contributed by atoms with Crippen molar-refractivity contribution in [1.82, 2.24) is 9.97 Å². The van der Waals surface area contributed by atoms with Crippen molar-refractivity contribution in [2.75, 3.05) is 0 Å². The van der Waals surface area contributed by atoms with E-state index in [-0.39, 0.29) is 0 Å². The Bertz CT molecular complexity index is 1190. The fourth-order valence-corrected chi connectivity index (χ4v) is 3.71. The maximum Gasteiger partial charge on any atom is 0.150 e. The van der Waals surface area contributed by atoms with E-state index in [1.807, 2.05) is 6.07 Å². The molecule has 5 rings (SSSR count). The van der Waals surface area contributed by atoms with E-state index >= 15 is 0 Å². The molecule has 1 aliphatic carbocycles. The quantitative estimate of drug-likeness (QED) is 0.415. The molecule has 0 unspecified atom stereocenters. The third kappa shape index (κ3) is 1.69. The number of carbonyl (C=O) groups excluding carboxylic acids is 1. The normalized spacial score (nSPS) is 11.9. The van der Waals surface area contributed by atoms with E-state index in [0.717, 1.165) is 39.8 Å². The number of hydrogen-bond donors (Lipinski definition) is 0. The van der Waals surface area contributed by atoms with Crippen LogP contribution in [0.1, 0.15) is 21.5 Å². The van der Waals surface area contributed by atoms with E-state index in [1.54, 1.807) is 12.1 Å². The Morgan fingerprint density at radius 1 is 0.792 bits per heavy atom. The van der Waals surface area contributed by atoms with Gasteiger partial charge in [0.05, 0.1) is 22.4 Å². The lowest BCUT2D eigenvalue weighted by Crippen LogP contribution is -1.92. The van der Waals surface area contributed by atoms with Gasteiger partial charge in [-0.05, 0) is 60.7 Å². The first kappa shape index (κ1) is 13.4. The van der Waals surface area contributed by atoms with E-state index in [1.165, 1.54) is 21.9 Å². The Hall–Kier alpha value is -3.07. The molecule has 1 heterocycles. The van der Waals surface area contributed by atoms with Gasteiger partial charge >= 0.3 is 0 Å². The lowest BCUT2D eigenvalue weighted by Gasteiger charge is -2.05. The van der Waals surface area contributed by atoms with E-state index in [2.05, 4.69) is 38.1 Å². The van der Waals surface area contributed by atoms with Crippen LogP contribution < -0.4 is 0 Å². The molecule has 3 aromatic carbocycles. The number of fused-ring (bicyclic) bond motifs is 4. The summed E-state index contributed by atoms with van der Waals surface area (Å²) in [5, 5.41) is 2.46. The standard InChI is InChI=1S/C21H14N2O/c1-11-5-14-6-12(2)8-16-19(14)15(7-11)20-21(16)23-18-9-13(10-24)3-4-17(18)22-20/h3-10H,1-2H3. The van der Waals surface area contributed by atoms with Crippen LogP contribution >= 0.6 is 0 Å². The van der Waals surface area contributed by atoms with Crippen molar-refractivity contribution in [1.29, 1.82) is 0 Å². The van der Waals surface area contributed by atoms with Crippen LogP contribution in [0.25, 0.3) is 44.3 Å². The van der Waals surface area contributed by atoms with Gasteiger partial charge in [0.2, 0.25) is 0 Å². The van der Waals surface area contributed by atoms with Crippen LogP contribution in [0.3, 0.4) is 0 Å². The van der Waals surface area contributed by atoms with E-state index in [0.29, 0.717) is 5.56 Å². The van der Waals surface area contributed by atoms with Gasteiger partial charge < -0.3 is 0 Å². The van der Waals surface area contributed by atoms with Crippen LogP contribution in [0.5, 0.6) is 0 Å². The predicted octanol–water partition coefficient (Wildman–Crippen LogP) is 4.86. The highest BCUT2D eigenvalue weighted by Crippen LogP contribution is 2.46. The molecule has 3 heteroatoms. The molecule has 3 nitrogen and oxygen atoms in total. The summed E-state index contributed by atoms with van der Waals surface area (Å²) < 4.78 is 0. The number of nitrogens with zero attached hydrogens (tertiary/aromatic N) is 2. The fourth-order valence-electron chi connectivity index (χ4n) is 3.71. The Morgan fingerprint density at radius 2 is 1.42 bits per heavy atom. The molecule has 1 aliphatic rings. The summed E-state index contributed by atoms with van der Waals surface area (Å²) >= 11 is 0. The highest BCUT2D eigenvalue weighted by Gasteiger charge is 2.25. The molecule has 4 aromatic rings. The number of hydrogen-bond acceptors (Lipinski definition) is 3. The third-order valence-electron chi connectivity index (χ3n) is 4.67. The highest BCUT2D eigenvalue weighted by molar-refractivity contribution is 6.14. The summed E-state index contributed by atoms with van der Waals surface area (Å²) in [6.07, 6.45) is 0.845. The Kier molecular flexibility index (Phi) is 2.50. The lowest BCUT2D eigenvalue weighted by atomic mass is 9.99. The largest absolute Gasteiger partial charge is 0.298 e. The molecule has 0 fully saturated rings. The maximum atomic E-state index is 11.1. The first-order valence-electron chi connectivity index (χ1n) is 7.97. The Balaban J connectivity index is 1.95. The topological polar surface area (TPSA) is 42.9 Å². The van der Waals surface area contributed by atoms with Gasteiger partial charge in [-0.3, -0.25) is 4.79 Å². The minimum Gasteiger partial charge on any atom is -0.298 e. The molecule has 114 valence electrons. The third-order valence-corrected chi connectivity index (χ3v) is 4.67. The zero-order valence-corrected chi connectivity index (χ0v) is 13.4. The maximum absolute atomic E-state index is 11.1. The summed E-state index contributed by atoms with van der Waals surface area (Å²) in [6.45, 7) is 4.22. The zero-order chi connectivity index (χ0) is 16.4. The Morgan fingerprint density at radius 3 is 2.04 bits per heavy atom. The van der Waals surface area contributed by atoms with Gasteiger partial charge in [-0.1, -0.05) is 12.1 Å². The second-order valence-electron chi connectivity index (χ2n) is 6.51. The van der Waals surface area contributed by atoms with Crippen molar-refractivity contribution in [3.05, 3.63) is 59.2 Å². The molecule has 0 N–H and O–H groups in total. The molecule has 0 atom stereocenters. The zero-order valence-electron chi connectivity index (χ0n) is 13.4. The first-order valence-corrected chi connectivity index (χ1v) is 7.97.